The number of hydrogen-bond donors (Lipinski definition) is 0. The lowest BCUT2D eigenvalue weighted by Gasteiger charge is -2.07. The molecule has 2 aromatic heterocycles. The van der Waals surface area contributed by atoms with Crippen LogP contribution >= 0.6 is 23.2 Å². The molecule has 4 rings (SSSR count). The summed E-state index contributed by atoms with van der Waals surface area (Å²) in [5, 5.41) is 9.86. The minimum atomic E-state index is 0.633. The van der Waals surface area contributed by atoms with Gasteiger partial charge >= 0.3 is 0 Å². The second kappa shape index (κ2) is 4.93. The van der Waals surface area contributed by atoms with E-state index in [-0.39, 0.29) is 0 Å². The van der Waals surface area contributed by atoms with Crippen molar-refractivity contribution < 1.29 is 0 Å². The van der Waals surface area contributed by atoms with Crippen molar-refractivity contribution in [2.45, 2.75) is 6.92 Å². The van der Waals surface area contributed by atoms with Crippen molar-refractivity contribution in [2.75, 3.05) is 0 Å². The zero-order chi connectivity index (χ0) is 15.3. The van der Waals surface area contributed by atoms with Crippen molar-refractivity contribution in [1.82, 2.24) is 19.6 Å². The lowest BCUT2D eigenvalue weighted by Crippen LogP contribution is -1.97. The van der Waals surface area contributed by atoms with Crippen molar-refractivity contribution in [3.05, 3.63) is 58.2 Å². The number of benzene rings is 2. The molecule has 0 spiro atoms. The Morgan fingerprint density at radius 3 is 2.64 bits per heavy atom. The summed E-state index contributed by atoms with van der Waals surface area (Å²) in [5.41, 5.74) is 4.03. The fourth-order valence-corrected chi connectivity index (χ4v) is 2.96. The maximum Gasteiger partial charge on any atom is 0.183 e. The summed E-state index contributed by atoms with van der Waals surface area (Å²) in [6.07, 6.45) is 0. The lowest BCUT2D eigenvalue weighted by molar-refractivity contribution is 1.11. The summed E-state index contributed by atoms with van der Waals surface area (Å²) < 4.78 is 1.97. The molecule has 0 N–H and O–H groups in total. The molecule has 0 aliphatic rings. The second-order valence-corrected chi connectivity index (χ2v) is 5.84. The minimum absolute atomic E-state index is 0.633. The maximum absolute atomic E-state index is 6.31. The van der Waals surface area contributed by atoms with Gasteiger partial charge in [-0.15, -0.1) is 10.2 Å². The third-order valence-corrected chi connectivity index (χ3v) is 4.13. The average Bonchev–Trinajstić information content (AvgIpc) is 2.93. The molecule has 6 heteroatoms. The first-order chi connectivity index (χ1) is 10.6. The molecule has 2 aromatic carbocycles. The van der Waals surface area contributed by atoms with Crippen molar-refractivity contribution >= 4 is 39.9 Å². The monoisotopic (exact) mass is 328 g/mol. The van der Waals surface area contributed by atoms with Gasteiger partial charge < -0.3 is 0 Å². The standard InChI is InChI=1S/C16H10Cl2N4/c1-9-15-20-21-16(11-4-2-3-5-12(11)18)22(15)14-7-6-10(17)8-13(14)19-9/h2-8H,1H3. The number of nitrogens with zero attached hydrogens (tertiary/aromatic N) is 4. The molecule has 0 saturated carbocycles. The molecular formula is C16H10Cl2N4. The van der Waals surface area contributed by atoms with Gasteiger partial charge in [-0.25, -0.2) is 4.98 Å². The van der Waals surface area contributed by atoms with Crippen LogP contribution in [0.25, 0.3) is 28.1 Å². The molecule has 108 valence electrons. The third-order valence-electron chi connectivity index (χ3n) is 3.57. The van der Waals surface area contributed by atoms with Crippen molar-refractivity contribution in [3.8, 4) is 11.4 Å². The van der Waals surface area contributed by atoms with Crippen LogP contribution in [0.15, 0.2) is 42.5 Å². The van der Waals surface area contributed by atoms with Crippen LogP contribution in [0.2, 0.25) is 10.0 Å². The minimum Gasteiger partial charge on any atom is -0.272 e. The highest BCUT2D eigenvalue weighted by Gasteiger charge is 2.16. The Kier molecular flexibility index (Phi) is 3.03. The zero-order valence-corrected chi connectivity index (χ0v) is 13.1. The van der Waals surface area contributed by atoms with E-state index in [1.54, 1.807) is 0 Å². The van der Waals surface area contributed by atoms with E-state index in [4.69, 9.17) is 23.2 Å². The highest BCUT2D eigenvalue weighted by molar-refractivity contribution is 6.33. The predicted molar refractivity (Wildman–Crippen MR) is 88.5 cm³/mol. The normalized spacial score (nSPS) is 11.4. The van der Waals surface area contributed by atoms with Gasteiger partial charge in [-0.05, 0) is 37.3 Å². The molecule has 0 aliphatic carbocycles. The van der Waals surface area contributed by atoms with Gasteiger partial charge in [0, 0.05) is 10.6 Å². The Hall–Kier alpha value is -2.17. The van der Waals surface area contributed by atoms with Gasteiger partial charge in [0.05, 0.1) is 21.7 Å². The maximum atomic E-state index is 6.31. The van der Waals surface area contributed by atoms with Gasteiger partial charge in [0.25, 0.3) is 0 Å². The first-order valence-electron chi connectivity index (χ1n) is 6.71. The van der Waals surface area contributed by atoms with E-state index >= 15 is 0 Å². The van der Waals surface area contributed by atoms with Crippen LogP contribution in [-0.4, -0.2) is 19.6 Å². The molecule has 4 nitrogen and oxygen atoms in total. The van der Waals surface area contributed by atoms with Gasteiger partial charge in [0.1, 0.15) is 0 Å². The van der Waals surface area contributed by atoms with E-state index < -0.39 is 0 Å². The van der Waals surface area contributed by atoms with Crippen molar-refractivity contribution in [3.63, 3.8) is 0 Å². The Morgan fingerprint density at radius 1 is 1.00 bits per heavy atom. The molecule has 0 radical (unpaired) electrons. The van der Waals surface area contributed by atoms with E-state index in [0.717, 1.165) is 22.3 Å². The van der Waals surface area contributed by atoms with E-state index in [1.165, 1.54) is 0 Å². The number of aromatic nitrogens is 4. The van der Waals surface area contributed by atoms with Crippen LogP contribution in [0.4, 0.5) is 0 Å². The number of halogens is 2. The van der Waals surface area contributed by atoms with Gasteiger partial charge in [0.15, 0.2) is 11.5 Å². The fourth-order valence-electron chi connectivity index (χ4n) is 2.57. The van der Waals surface area contributed by atoms with Crippen LogP contribution in [0.3, 0.4) is 0 Å². The van der Waals surface area contributed by atoms with E-state index in [9.17, 15) is 0 Å². The molecule has 2 heterocycles. The Balaban J connectivity index is 2.18. The zero-order valence-electron chi connectivity index (χ0n) is 11.6. The third kappa shape index (κ3) is 1.95. The number of fused-ring (bicyclic) bond motifs is 3. The van der Waals surface area contributed by atoms with Crippen LogP contribution in [0.5, 0.6) is 0 Å². The average molecular weight is 329 g/mol. The van der Waals surface area contributed by atoms with E-state index in [0.29, 0.717) is 21.5 Å². The highest BCUT2D eigenvalue weighted by Crippen LogP contribution is 2.29. The van der Waals surface area contributed by atoms with Gasteiger partial charge in [-0.2, -0.15) is 0 Å². The molecule has 0 atom stereocenters. The molecule has 4 aromatic rings. The Labute approximate surface area is 136 Å². The molecule has 0 saturated heterocycles. The Bertz CT molecular complexity index is 1020. The fraction of sp³-hybridized carbons (Fsp3) is 0.0625. The molecule has 0 aliphatic heterocycles. The molecule has 0 amide bonds. The number of rotatable bonds is 1. The Morgan fingerprint density at radius 2 is 1.82 bits per heavy atom. The molecule has 0 fully saturated rings. The topological polar surface area (TPSA) is 43.1 Å². The van der Waals surface area contributed by atoms with Crippen LogP contribution < -0.4 is 0 Å². The molecule has 0 bridgehead atoms. The lowest BCUT2D eigenvalue weighted by atomic mass is 10.2. The van der Waals surface area contributed by atoms with Crippen LogP contribution in [-0.2, 0) is 0 Å². The molecule has 0 unspecified atom stereocenters. The van der Waals surface area contributed by atoms with Crippen LogP contribution in [0.1, 0.15) is 5.69 Å². The highest BCUT2D eigenvalue weighted by atomic mass is 35.5. The molecular weight excluding hydrogens is 319 g/mol. The first-order valence-corrected chi connectivity index (χ1v) is 7.46. The van der Waals surface area contributed by atoms with Crippen molar-refractivity contribution in [1.29, 1.82) is 0 Å². The van der Waals surface area contributed by atoms with Gasteiger partial charge in [-0.1, -0.05) is 35.3 Å². The quantitative estimate of drug-likeness (QED) is 0.514. The predicted octanol–water partition coefficient (Wildman–Crippen LogP) is 4.56. The number of hydrogen-bond acceptors (Lipinski definition) is 3. The van der Waals surface area contributed by atoms with Crippen LogP contribution in [0, 0.1) is 6.92 Å². The summed E-state index contributed by atoms with van der Waals surface area (Å²) in [7, 11) is 0. The summed E-state index contributed by atoms with van der Waals surface area (Å²) in [5.74, 6) is 0.693. The summed E-state index contributed by atoms with van der Waals surface area (Å²) in [6.45, 7) is 1.90. The van der Waals surface area contributed by atoms with E-state index in [2.05, 4.69) is 15.2 Å². The smallest absolute Gasteiger partial charge is 0.183 e. The van der Waals surface area contributed by atoms with Crippen molar-refractivity contribution in [2.24, 2.45) is 0 Å². The SMILES string of the molecule is Cc1nc2cc(Cl)ccc2n2c(-c3ccccc3Cl)nnc12. The van der Waals surface area contributed by atoms with Gasteiger partial charge in [0.2, 0.25) is 0 Å². The largest absolute Gasteiger partial charge is 0.272 e. The summed E-state index contributed by atoms with van der Waals surface area (Å²) in [4.78, 5) is 4.55. The molecule has 22 heavy (non-hydrogen) atoms. The second-order valence-electron chi connectivity index (χ2n) is 4.99. The van der Waals surface area contributed by atoms with Gasteiger partial charge in [-0.3, -0.25) is 4.40 Å². The summed E-state index contributed by atoms with van der Waals surface area (Å²) >= 11 is 12.4. The summed E-state index contributed by atoms with van der Waals surface area (Å²) in [6, 6.07) is 13.2. The number of aryl methyl sites for hydroxylation is 1. The first kappa shape index (κ1) is 13.5. The van der Waals surface area contributed by atoms with E-state index in [1.807, 2.05) is 53.8 Å².